The Balaban J connectivity index is 1.68. The molecule has 2 fully saturated rings. The van der Waals surface area contributed by atoms with Gasteiger partial charge in [-0.2, -0.15) is 0 Å². The minimum absolute atomic E-state index is 0.178. The first kappa shape index (κ1) is 11.3. The lowest BCUT2D eigenvalue weighted by Gasteiger charge is -2.37. The fraction of sp³-hybridized carbons (Fsp3) is 0.786. The standard InChI is InChI=1S/C14H22N2O/c1-9-4-12(15)8-16(7-9)14(17)13-6-10-2-3-11(13)5-10/h2-3,9-13H,4-8,15H2,1H3. The van der Waals surface area contributed by atoms with E-state index in [1.54, 1.807) is 0 Å². The number of nitrogens with zero attached hydrogens (tertiary/aromatic N) is 1. The van der Waals surface area contributed by atoms with E-state index in [2.05, 4.69) is 19.1 Å². The molecule has 1 aliphatic heterocycles. The number of nitrogens with two attached hydrogens (primary N) is 1. The second-order valence-electron chi connectivity index (χ2n) is 6.23. The van der Waals surface area contributed by atoms with E-state index < -0.39 is 0 Å². The topological polar surface area (TPSA) is 46.3 Å². The zero-order chi connectivity index (χ0) is 12.0. The van der Waals surface area contributed by atoms with Crippen molar-refractivity contribution >= 4 is 5.91 Å². The van der Waals surface area contributed by atoms with Crippen LogP contribution in [-0.2, 0) is 4.79 Å². The van der Waals surface area contributed by atoms with Crippen molar-refractivity contribution in [2.75, 3.05) is 13.1 Å². The average Bonchev–Trinajstić information content (AvgIpc) is 2.88. The van der Waals surface area contributed by atoms with Crippen LogP contribution < -0.4 is 5.73 Å². The van der Waals surface area contributed by atoms with E-state index in [4.69, 9.17) is 5.73 Å². The molecule has 1 saturated heterocycles. The number of hydrogen-bond donors (Lipinski definition) is 1. The lowest BCUT2D eigenvalue weighted by molar-refractivity contribution is -0.138. The molecule has 5 unspecified atom stereocenters. The second-order valence-corrected chi connectivity index (χ2v) is 6.23. The summed E-state index contributed by atoms with van der Waals surface area (Å²) in [5.74, 6) is 2.36. The Morgan fingerprint density at radius 3 is 2.65 bits per heavy atom. The molecule has 0 aromatic heterocycles. The Morgan fingerprint density at radius 1 is 1.24 bits per heavy atom. The molecule has 5 atom stereocenters. The van der Waals surface area contributed by atoms with Gasteiger partial charge in [-0.1, -0.05) is 19.1 Å². The van der Waals surface area contributed by atoms with E-state index in [1.165, 1.54) is 6.42 Å². The van der Waals surface area contributed by atoms with Crippen LogP contribution in [-0.4, -0.2) is 29.9 Å². The SMILES string of the molecule is CC1CC(N)CN(C(=O)C2CC3C=CC2C3)C1. The number of allylic oxidation sites excluding steroid dienone is 2. The molecule has 2 bridgehead atoms. The predicted molar refractivity (Wildman–Crippen MR) is 67.2 cm³/mol. The van der Waals surface area contributed by atoms with E-state index >= 15 is 0 Å². The number of hydrogen-bond acceptors (Lipinski definition) is 2. The molecule has 3 aliphatic rings. The Morgan fingerprint density at radius 2 is 2.06 bits per heavy atom. The zero-order valence-electron chi connectivity index (χ0n) is 10.5. The van der Waals surface area contributed by atoms with Gasteiger partial charge in [-0.3, -0.25) is 4.79 Å². The Bertz CT molecular complexity index is 342. The lowest BCUT2D eigenvalue weighted by atomic mass is 9.89. The molecule has 94 valence electrons. The van der Waals surface area contributed by atoms with Crippen LogP contribution >= 0.6 is 0 Å². The van der Waals surface area contributed by atoms with Gasteiger partial charge in [0.15, 0.2) is 0 Å². The number of carbonyl (C=O) groups excluding carboxylic acids is 1. The summed E-state index contributed by atoms with van der Waals surface area (Å²) < 4.78 is 0. The summed E-state index contributed by atoms with van der Waals surface area (Å²) in [4.78, 5) is 14.5. The van der Waals surface area contributed by atoms with Crippen LogP contribution in [0.1, 0.15) is 26.2 Å². The van der Waals surface area contributed by atoms with E-state index in [0.29, 0.717) is 23.7 Å². The van der Waals surface area contributed by atoms with Gasteiger partial charge in [0.1, 0.15) is 0 Å². The van der Waals surface area contributed by atoms with Gasteiger partial charge in [0.05, 0.1) is 0 Å². The molecule has 2 aliphatic carbocycles. The van der Waals surface area contributed by atoms with Gasteiger partial charge in [-0.05, 0) is 37.0 Å². The van der Waals surface area contributed by atoms with Crippen LogP contribution in [0.2, 0.25) is 0 Å². The maximum absolute atomic E-state index is 12.5. The van der Waals surface area contributed by atoms with Gasteiger partial charge in [0.25, 0.3) is 0 Å². The van der Waals surface area contributed by atoms with Crippen LogP contribution in [0.15, 0.2) is 12.2 Å². The summed E-state index contributed by atoms with van der Waals surface area (Å²) in [6, 6.07) is 0.178. The van der Waals surface area contributed by atoms with Crippen LogP contribution in [0.4, 0.5) is 0 Å². The fourth-order valence-electron chi connectivity index (χ4n) is 3.88. The highest BCUT2D eigenvalue weighted by Crippen LogP contribution is 2.44. The van der Waals surface area contributed by atoms with Gasteiger partial charge in [-0.25, -0.2) is 0 Å². The molecule has 1 amide bonds. The Kier molecular flexibility index (Phi) is 2.74. The molecule has 2 N–H and O–H groups in total. The van der Waals surface area contributed by atoms with Crippen LogP contribution in [0.3, 0.4) is 0 Å². The molecule has 3 heteroatoms. The van der Waals surface area contributed by atoms with Gasteiger partial charge in [-0.15, -0.1) is 0 Å². The van der Waals surface area contributed by atoms with Crippen molar-refractivity contribution in [2.24, 2.45) is 29.4 Å². The molecular formula is C14H22N2O. The molecule has 0 aromatic carbocycles. The molecule has 3 rings (SSSR count). The molecule has 1 heterocycles. The first-order valence-electron chi connectivity index (χ1n) is 6.86. The first-order chi connectivity index (χ1) is 8.13. The first-order valence-corrected chi connectivity index (χ1v) is 6.86. The zero-order valence-corrected chi connectivity index (χ0v) is 10.5. The van der Waals surface area contributed by atoms with Crippen molar-refractivity contribution in [3.63, 3.8) is 0 Å². The van der Waals surface area contributed by atoms with Crippen LogP contribution in [0.25, 0.3) is 0 Å². The number of fused-ring (bicyclic) bond motifs is 2. The molecule has 0 aromatic rings. The molecule has 17 heavy (non-hydrogen) atoms. The smallest absolute Gasteiger partial charge is 0.226 e. The highest BCUT2D eigenvalue weighted by atomic mass is 16.2. The van der Waals surface area contributed by atoms with Crippen LogP contribution in [0, 0.1) is 23.7 Å². The quantitative estimate of drug-likeness (QED) is 0.697. The lowest BCUT2D eigenvalue weighted by Crippen LogP contribution is -2.51. The van der Waals surface area contributed by atoms with Gasteiger partial charge in [0.2, 0.25) is 5.91 Å². The predicted octanol–water partition coefficient (Wildman–Crippen LogP) is 1.39. The van der Waals surface area contributed by atoms with Crippen molar-refractivity contribution < 1.29 is 4.79 Å². The summed E-state index contributed by atoms with van der Waals surface area (Å²) in [5.41, 5.74) is 6.02. The molecular weight excluding hydrogens is 212 g/mol. The number of likely N-dealkylation sites (tertiary alicyclic amines) is 1. The van der Waals surface area contributed by atoms with Gasteiger partial charge in [0, 0.05) is 25.0 Å². The third kappa shape index (κ3) is 2.01. The Hall–Kier alpha value is -0.830. The minimum Gasteiger partial charge on any atom is -0.341 e. The molecule has 3 nitrogen and oxygen atoms in total. The molecule has 0 spiro atoms. The van der Waals surface area contributed by atoms with Crippen molar-refractivity contribution in [3.8, 4) is 0 Å². The van der Waals surface area contributed by atoms with Crippen molar-refractivity contribution in [1.82, 2.24) is 4.90 Å². The number of piperidine rings is 1. The van der Waals surface area contributed by atoms with E-state index in [-0.39, 0.29) is 12.0 Å². The summed E-state index contributed by atoms with van der Waals surface area (Å²) >= 11 is 0. The van der Waals surface area contributed by atoms with E-state index in [1.807, 2.05) is 4.90 Å². The summed E-state index contributed by atoms with van der Waals surface area (Å²) in [6.07, 6.45) is 7.87. The third-order valence-electron chi connectivity index (χ3n) is 4.60. The fourth-order valence-corrected chi connectivity index (χ4v) is 3.88. The van der Waals surface area contributed by atoms with E-state index in [9.17, 15) is 4.79 Å². The average molecular weight is 234 g/mol. The summed E-state index contributed by atoms with van der Waals surface area (Å²) in [7, 11) is 0. The van der Waals surface area contributed by atoms with Crippen molar-refractivity contribution in [1.29, 1.82) is 0 Å². The van der Waals surface area contributed by atoms with Gasteiger partial charge >= 0.3 is 0 Å². The number of carbonyl (C=O) groups is 1. The normalized spacial score (nSPS) is 44.4. The molecule has 1 saturated carbocycles. The van der Waals surface area contributed by atoms with Crippen LogP contribution in [0.5, 0.6) is 0 Å². The minimum atomic E-state index is 0.178. The molecule has 0 radical (unpaired) electrons. The maximum atomic E-state index is 12.5. The third-order valence-corrected chi connectivity index (χ3v) is 4.60. The van der Waals surface area contributed by atoms with E-state index in [0.717, 1.165) is 25.9 Å². The summed E-state index contributed by atoms with van der Waals surface area (Å²) in [6.45, 7) is 3.87. The number of amides is 1. The van der Waals surface area contributed by atoms with Crippen molar-refractivity contribution in [3.05, 3.63) is 12.2 Å². The Labute approximate surface area is 103 Å². The number of rotatable bonds is 1. The monoisotopic (exact) mass is 234 g/mol. The van der Waals surface area contributed by atoms with Gasteiger partial charge < -0.3 is 10.6 Å². The highest BCUT2D eigenvalue weighted by molar-refractivity contribution is 5.80. The summed E-state index contributed by atoms with van der Waals surface area (Å²) in [5, 5.41) is 0. The maximum Gasteiger partial charge on any atom is 0.226 e. The second kappa shape index (κ2) is 4.13. The largest absolute Gasteiger partial charge is 0.341 e. The van der Waals surface area contributed by atoms with Crippen molar-refractivity contribution in [2.45, 2.75) is 32.2 Å². The highest BCUT2D eigenvalue weighted by Gasteiger charge is 2.42.